The van der Waals surface area contributed by atoms with Crippen LogP contribution in [0.3, 0.4) is 0 Å². The number of rotatable bonds is 4. The molecular formula is C19H26F2N2O2. The smallest absolute Gasteiger partial charge is 0.262 e. The molecule has 2 aliphatic rings. The van der Waals surface area contributed by atoms with E-state index in [2.05, 4.69) is 0 Å². The first kappa shape index (κ1) is 18.3. The summed E-state index contributed by atoms with van der Waals surface area (Å²) in [6, 6.07) is 7.49. The van der Waals surface area contributed by atoms with E-state index < -0.39 is 12.0 Å². The summed E-state index contributed by atoms with van der Waals surface area (Å²) in [5.74, 6) is -2.63. The standard InChI is InChI=1S/C19H26F2N2O2/c1-14-2-4-15(5-3-14)10-18(25)22-8-6-16(7-9-22)23-13-19(20,21)11-17(23)12-24/h2-5,16-17,24H,6-13H2,1H3/t17-/m0/s1. The number of hydrogen-bond acceptors (Lipinski definition) is 3. The Morgan fingerprint density at radius 2 is 1.88 bits per heavy atom. The van der Waals surface area contributed by atoms with Crippen molar-refractivity contribution in [1.82, 2.24) is 9.80 Å². The van der Waals surface area contributed by atoms with Crippen LogP contribution in [0, 0.1) is 6.92 Å². The molecule has 0 radical (unpaired) electrons. The van der Waals surface area contributed by atoms with Crippen molar-refractivity contribution in [3.63, 3.8) is 0 Å². The molecule has 2 aliphatic heterocycles. The van der Waals surface area contributed by atoms with Gasteiger partial charge in [0.05, 0.1) is 19.6 Å². The minimum atomic E-state index is -2.72. The van der Waals surface area contributed by atoms with Crippen LogP contribution >= 0.6 is 0 Å². The third kappa shape index (κ3) is 4.36. The van der Waals surface area contributed by atoms with Crippen molar-refractivity contribution in [2.45, 2.75) is 50.6 Å². The number of halogens is 2. The molecule has 0 aliphatic carbocycles. The highest BCUT2D eigenvalue weighted by atomic mass is 19.3. The lowest BCUT2D eigenvalue weighted by atomic mass is 10.0. The number of hydrogen-bond donors (Lipinski definition) is 1. The number of carbonyl (C=O) groups excluding carboxylic acids is 1. The Kier molecular flexibility index (Phi) is 5.39. The zero-order valence-corrected chi connectivity index (χ0v) is 14.6. The zero-order chi connectivity index (χ0) is 18.0. The number of aliphatic hydroxyl groups is 1. The number of aryl methyl sites for hydroxylation is 1. The SMILES string of the molecule is Cc1ccc(CC(=O)N2CCC(N3CC(F)(F)C[C@H]3CO)CC2)cc1. The molecule has 2 fully saturated rings. The number of aliphatic hydroxyl groups excluding tert-OH is 1. The predicted octanol–water partition coefficient (Wildman–Crippen LogP) is 2.23. The number of carbonyl (C=O) groups is 1. The number of likely N-dealkylation sites (tertiary alicyclic amines) is 2. The van der Waals surface area contributed by atoms with E-state index in [1.165, 1.54) is 0 Å². The van der Waals surface area contributed by atoms with Crippen molar-refractivity contribution < 1.29 is 18.7 Å². The van der Waals surface area contributed by atoms with Gasteiger partial charge in [-0.2, -0.15) is 0 Å². The van der Waals surface area contributed by atoms with Crippen LogP contribution < -0.4 is 0 Å². The van der Waals surface area contributed by atoms with Crippen molar-refractivity contribution in [3.05, 3.63) is 35.4 Å². The first-order chi connectivity index (χ1) is 11.9. The summed E-state index contributed by atoms with van der Waals surface area (Å²) < 4.78 is 27.3. The first-order valence-electron chi connectivity index (χ1n) is 8.96. The van der Waals surface area contributed by atoms with E-state index in [9.17, 15) is 18.7 Å². The van der Waals surface area contributed by atoms with Gasteiger partial charge in [0, 0.05) is 31.6 Å². The highest BCUT2D eigenvalue weighted by Crippen LogP contribution is 2.35. The molecule has 0 bridgehead atoms. The number of alkyl halides is 2. The van der Waals surface area contributed by atoms with Gasteiger partial charge in [0.25, 0.3) is 5.92 Å². The Bertz CT molecular complexity index is 598. The molecule has 0 spiro atoms. The Balaban J connectivity index is 1.53. The first-order valence-corrected chi connectivity index (χ1v) is 8.96. The maximum absolute atomic E-state index is 13.6. The Morgan fingerprint density at radius 1 is 1.24 bits per heavy atom. The van der Waals surface area contributed by atoms with Crippen LogP contribution in [0.1, 0.15) is 30.4 Å². The fraction of sp³-hybridized carbons (Fsp3) is 0.632. The summed E-state index contributed by atoms with van der Waals surface area (Å²) >= 11 is 0. The third-order valence-corrected chi connectivity index (χ3v) is 5.39. The van der Waals surface area contributed by atoms with Gasteiger partial charge < -0.3 is 10.0 Å². The number of benzene rings is 1. The van der Waals surface area contributed by atoms with Crippen LogP contribution in [0.4, 0.5) is 8.78 Å². The molecule has 1 N–H and O–H groups in total. The Hall–Kier alpha value is -1.53. The molecule has 2 saturated heterocycles. The van der Waals surface area contributed by atoms with Crippen LogP contribution in [0.15, 0.2) is 24.3 Å². The molecule has 2 heterocycles. The largest absolute Gasteiger partial charge is 0.395 e. The minimum Gasteiger partial charge on any atom is -0.395 e. The van der Waals surface area contributed by atoms with E-state index in [0.29, 0.717) is 32.4 Å². The molecular weight excluding hydrogens is 326 g/mol. The van der Waals surface area contributed by atoms with E-state index in [1.54, 1.807) is 4.90 Å². The van der Waals surface area contributed by atoms with Crippen LogP contribution in [-0.2, 0) is 11.2 Å². The van der Waals surface area contributed by atoms with Crippen molar-refractivity contribution in [1.29, 1.82) is 0 Å². The number of amides is 1. The van der Waals surface area contributed by atoms with E-state index in [4.69, 9.17) is 0 Å². The molecule has 1 amide bonds. The second-order valence-corrected chi connectivity index (χ2v) is 7.34. The van der Waals surface area contributed by atoms with Gasteiger partial charge in [-0.05, 0) is 25.3 Å². The zero-order valence-electron chi connectivity index (χ0n) is 14.6. The molecule has 0 saturated carbocycles. The summed E-state index contributed by atoms with van der Waals surface area (Å²) in [5, 5.41) is 9.38. The average molecular weight is 352 g/mol. The molecule has 1 aromatic rings. The van der Waals surface area contributed by atoms with E-state index in [0.717, 1.165) is 11.1 Å². The second-order valence-electron chi connectivity index (χ2n) is 7.34. The fourth-order valence-corrected chi connectivity index (χ4v) is 3.96. The van der Waals surface area contributed by atoms with Gasteiger partial charge in [-0.3, -0.25) is 9.69 Å². The van der Waals surface area contributed by atoms with Crippen LogP contribution in [0.2, 0.25) is 0 Å². The molecule has 1 atom stereocenters. The fourth-order valence-electron chi connectivity index (χ4n) is 3.96. The molecule has 0 unspecified atom stereocenters. The summed E-state index contributed by atoms with van der Waals surface area (Å²) in [6.07, 6.45) is 1.49. The highest BCUT2D eigenvalue weighted by molar-refractivity contribution is 5.78. The summed E-state index contributed by atoms with van der Waals surface area (Å²) in [4.78, 5) is 16.0. The molecule has 138 valence electrons. The monoisotopic (exact) mass is 352 g/mol. The summed E-state index contributed by atoms with van der Waals surface area (Å²) in [6.45, 7) is 2.69. The van der Waals surface area contributed by atoms with Crippen molar-refractivity contribution in [2.24, 2.45) is 0 Å². The lowest BCUT2D eigenvalue weighted by Gasteiger charge is -2.38. The quantitative estimate of drug-likeness (QED) is 0.904. The minimum absolute atomic E-state index is 0.0222. The summed E-state index contributed by atoms with van der Waals surface area (Å²) in [5.41, 5.74) is 2.16. The second kappa shape index (κ2) is 7.38. The van der Waals surface area contributed by atoms with Gasteiger partial charge >= 0.3 is 0 Å². The van der Waals surface area contributed by atoms with E-state index in [-0.39, 0.29) is 31.5 Å². The third-order valence-electron chi connectivity index (χ3n) is 5.39. The number of nitrogens with zero attached hydrogens (tertiary/aromatic N) is 2. The maximum atomic E-state index is 13.6. The highest BCUT2D eigenvalue weighted by Gasteiger charge is 2.47. The Morgan fingerprint density at radius 3 is 2.48 bits per heavy atom. The molecule has 6 heteroatoms. The number of piperidine rings is 1. The van der Waals surface area contributed by atoms with Gasteiger partial charge in [-0.15, -0.1) is 0 Å². The normalized spacial score (nSPS) is 24.6. The van der Waals surface area contributed by atoms with Gasteiger partial charge in [-0.25, -0.2) is 8.78 Å². The van der Waals surface area contributed by atoms with Gasteiger partial charge in [-0.1, -0.05) is 29.8 Å². The molecule has 25 heavy (non-hydrogen) atoms. The topological polar surface area (TPSA) is 43.8 Å². The molecule has 1 aromatic carbocycles. The predicted molar refractivity (Wildman–Crippen MR) is 91.6 cm³/mol. The van der Waals surface area contributed by atoms with Crippen molar-refractivity contribution >= 4 is 5.91 Å². The Labute approximate surface area is 147 Å². The molecule has 0 aromatic heterocycles. The van der Waals surface area contributed by atoms with Crippen molar-refractivity contribution in [2.75, 3.05) is 26.2 Å². The van der Waals surface area contributed by atoms with Gasteiger partial charge in [0.2, 0.25) is 5.91 Å². The van der Waals surface area contributed by atoms with Gasteiger partial charge in [0.1, 0.15) is 0 Å². The summed E-state index contributed by atoms with van der Waals surface area (Å²) in [7, 11) is 0. The van der Waals surface area contributed by atoms with Crippen molar-refractivity contribution in [3.8, 4) is 0 Å². The van der Waals surface area contributed by atoms with Crippen LogP contribution in [-0.4, -0.2) is 65.1 Å². The lowest BCUT2D eigenvalue weighted by molar-refractivity contribution is -0.132. The molecule has 3 rings (SSSR count). The van der Waals surface area contributed by atoms with Crippen LogP contribution in [0.25, 0.3) is 0 Å². The van der Waals surface area contributed by atoms with E-state index in [1.807, 2.05) is 36.1 Å². The lowest BCUT2D eigenvalue weighted by Crippen LogP contribution is -2.49. The van der Waals surface area contributed by atoms with E-state index >= 15 is 0 Å². The van der Waals surface area contributed by atoms with Crippen LogP contribution in [0.5, 0.6) is 0 Å². The molecule has 4 nitrogen and oxygen atoms in total. The maximum Gasteiger partial charge on any atom is 0.262 e. The average Bonchev–Trinajstić information content (AvgIpc) is 2.92. The van der Waals surface area contributed by atoms with Gasteiger partial charge in [0.15, 0.2) is 0 Å².